The summed E-state index contributed by atoms with van der Waals surface area (Å²) in [7, 11) is -3.62. The average molecular weight is 486 g/mol. The molecule has 0 saturated heterocycles. The number of carbonyl (C=O) groups is 1. The number of hydrogen-bond acceptors (Lipinski definition) is 8. The second-order valence-corrected chi connectivity index (χ2v) is 10.2. The summed E-state index contributed by atoms with van der Waals surface area (Å²) < 4.78 is 32.6. The Kier molecular flexibility index (Phi) is 7.86. The molecule has 33 heavy (non-hydrogen) atoms. The highest BCUT2D eigenvalue weighted by atomic mass is 32.2. The number of rotatable bonds is 9. The number of aromatic nitrogens is 2. The molecule has 3 aromatic rings. The summed E-state index contributed by atoms with van der Waals surface area (Å²) in [5.74, 6) is -0.134. The summed E-state index contributed by atoms with van der Waals surface area (Å²) in [5.41, 5.74) is 1.43. The fraction of sp³-hybridized carbons (Fsp3) is 0.273. The molecule has 0 fully saturated rings. The van der Waals surface area contributed by atoms with E-state index in [0.717, 1.165) is 11.8 Å². The van der Waals surface area contributed by atoms with Gasteiger partial charge in [0.1, 0.15) is 0 Å². The van der Waals surface area contributed by atoms with Crippen LogP contribution >= 0.6 is 11.8 Å². The quantitative estimate of drug-likeness (QED) is 0.454. The minimum atomic E-state index is -3.62. The highest BCUT2D eigenvalue weighted by Gasteiger charge is 2.23. The van der Waals surface area contributed by atoms with Gasteiger partial charge < -0.3 is 9.73 Å². The van der Waals surface area contributed by atoms with Gasteiger partial charge in [0.15, 0.2) is 0 Å². The van der Waals surface area contributed by atoms with E-state index in [2.05, 4.69) is 15.5 Å². The fourth-order valence-electron chi connectivity index (χ4n) is 2.99. The van der Waals surface area contributed by atoms with Crippen molar-refractivity contribution in [3.05, 3.63) is 54.1 Å². The number of carbonyl (C=O) groups excluding carboxylic acids is 1. The summed E-state index contributed by atoms with van der Waals surface area (Å²) in [4.78, 5) is 12.6. The average Bonchev–Trinajstić information content (AvgIpc) is 3.28. The van der Waals surface area contributed by atoms with Gasteiger partial charge >= 0.3 is 0 Å². The summed E-state index contributed by atoms with van der Waals surface area (Å²) in [6.07, 6.45) is 0. The topological polar surface area (TPSA) is 129 Å². The van der Waals surface area contributed by atoms with Gasteiger partial charge in [-0.1, -0.05) is 37.7 Å². The van der Waals surface area contributed by atoms with Gasteiger partial charge in [-0.2, -0.15) is 9.57 Å². The molecule has 0 saturated carbocycles. The molecule has 0 aliphatic carbocycles. The second kappa shape index (κ2) is 10.6. The highest BCUT2D eigenvalue weighted by molar-refractivity contribution is 8.00. The van der Waals surface area contributed by atoms with Crippen molar-refractivity contribution in [1.82, 2.24) is 14.5 Å². The standard InChI is InChI=1S/C22H23N5O4S2/c1-4-27(5-2)33(29,30)19-11-7-9-17(13-19)21-25-26-22(31-21)32-15(3)20(28)24-18-10-6-8-16(12-18)14-23/h6-13,15H,4-5H2,1-3H3,(H,24,28)/t15-/m0/s1. The Hall–Kier alpha value is -3.20. The van der Waals surface area contributed by atoms with Crippen LogP contribution < -0.4 is 5.32 Å². The van der Waals surface area contributed by atoms with Crippen molar-refractivity contribution in [2.75, 3.05) is 18.4 Å². The Morgan fingerprint density at radius 3 is 2.61 bits per heavy atom. The largest absolute Gasteiger partial charge is 0.411 e. The molecule has 0 radical (unpaired) electrons. The first-order valence-electron chi connectivity index (χ1n) is 10.2. The van der Waals surface area contributed by atoms with E-state index in [0.29, 0.717) is 29.9 Å². The first-order chi connectivity index (χ1) is 15.8. The number of amides is 1. The smallest absolute Gasteiger partial charge is 0.277 e. The molecule has 3 rings (SSSR count). The molecular weight excluding hydrogens is 462 g/mol. The molecular formula is C22H23N5O4S2. The van der Waals surface area contributed by atoms with Crippen molar-refractivity contribution in [3.63, 3.8) is 0 Å². The van der Waals surface area contributed by atoms with E-state index in [1.807, 2.05) is 6.07 Å². The number of nitrogens with zero attached hydrogens (tertiary/aromatic N) is 4. The van der Waals surface area contributed by atoms with Crippen LogP contribution in [-0.4, -0.2) is 47.2 Å². The van der Waals surface area contributed by atoms with Crippen molar-refractivity contribution in [2.45, 2.75) is 36.1 Å². The van der Waals surface area contributed by atoms with Gasteiger partial charge in [0, 0.05) is 24.3 Å². The van der Waals surface area contributed by atoms with Crippen molar-refractivity contribution < 1.29 is 17.6 Å². The Bertz CT molecular complexity index is 1280. The third kappa shape index (κ3) is 5.78. The first-order valence-corrected chi connectivity index (χ1v) is 12.5. The van der Waals surface area contributed by atoms with E-state index in [1.54, 1.807) is 57.2 Å². The Morgan fingerprint density at radius 1 is 1.18 bits per heavy atom. The van der Waals surface area contributed by atoms with Gasteiger partial charge in [-0.25, -0.2) is 8.42 Å². The molecule has 1 N–H and O–H groups in total. The maximum Gasteiger partial charge on any atom is 0.277 e. The molecule has 1 atom stereocenters. The van der Waals surface area contributed by atoms with Crippen LogP contribution in [0.15, 0.2) is 63.1 Å². The zero-order chi connectivity index (χ0) is 24.0. The summed E-state index contributed by atoms with van der Waals surface area (Å²) in [6.45, 7) is 5.99. The van der Waals surface area contributed by atoms with E-state index < -0.39 is 15.3 Å². The lowest BCUT2D eigenvalue weighted by Gasteiger charge is -2.18. The Labute approximate surface area is 196 Å². The molecule has 0 aliphatic heterocycles. The summed E-state index contributed by atoms with van der Waals surface area (Å²) in [5, 5.41) is 19.3. The van der Waals surface area contributed by atoms with Crippen LogP contribution in [0.2, 0.25) is 0 Å². The Balaban J connectivity index is 1.72. The molecule has 172 valence electrons. The lowest BCUT2D eigenvalue weighted by atomic mass is 10.2. The number of sulfonamides is 1. The van der Waals surface area contributed by atoms with Crippen LogP contribution in [0, 0.1) is 11.3 Å². The molecule has 1 amide bonds. The van der Waals surface area contributed by atoms with Gasteiger partial charge in [0.2, 0.25) is 21.8 Å². The lowest BCUT2D eigenvalue weighted by molar-refractivity contribution is -0.115. The number of nitriles is 1. The van der Waals surface area contributed by atoms with Crippen molar-refractivity contribution in [3.8, 4) is 17.5 Å². The van der Waals surface area contributed by atoms with E-state index in [-0.39, 0.29) is 21.9 Å². The summed E-state index contributed by atoms with van der Waals surface area (Å²) in [6, 6.07) is 15.0. The molecule has 11 heteroatoms. The van der Waals surface area contributed by atoms with Gasteiger partial charge in [-0.05, 0) is 43.3 Å². The molecule has 1 heterocycles. The Morgan fingerprint density at radius 2 is 1.91 bits per heavy atom. The minimum absolute atomic E-state index is 0.142. The monoisotopic (exact) mass is 485 g/mol. The number of hydrogen-bond donors (Lipinski definition) is 1. The van der Waals surface area contributed by atoms with Gasteiger partial charge in [-0.15, -0.1) is 10.2 Å². The predicted molar refractivity (Wildman–Crippen MR) is 125 cm³/mol. The number of nitrogens with one attached hydrogen (secondary N) is 1. The van der Waals surface area contributed by atoms with Crippen molar-refractivity contribution in [2.24, 2.45) is 0 Å². The molecule has 0 unspecified atom stereocenters. The fourth-order valence-corrected chi connectivity index (χ4v) is 5.18. The second-order valence-electron chi connectivity index (χ2n) is 6.93. The third-order valence-corrected chi connectivity index (χ3v) is 7.72. The number of benzene rings is 2. The van der Waals surface area contributed by atoms with E-state index in [1.165, 1.54) is 16.4 Å². The summed E-state index contributed by atoms with van der Waals surface area (Å²) >= 11 is 1.07. The van der Waals surface area contributed by atoms with Crippen LogP contribution in [-0.2, 0) is 14.8 Å². The predicted octanol–water partition coefficient (Wildman–Crippen LogP) is 3.76. The normalized spacial score (nSPS) is 12.3. The zero-order valence-electron chi connectivity index (χ0n) is 18.3. The lowest BCUT2D eigenvalue weighted by Crippen LogP contribution is -2.30. The van der Waals surface area contributed by atoms with Gasteiger partial charge in [-0.3, -0.25) is 4.79 Å². The SMILES string of the molecule is CCN(CC)S(=O)(=O)c1cccc(-c2nnc(S[C@@H](C)C(=O)Nc3cccc(C#N)c3)o2)c1. The molecule has 2 aromatic carbocycles. The van der Waals surface area contributed by atoms with E-state index >= 15 is 0 Å². The zero-order valence-corrected chi connectivity index (χ0v) is 20.0. The van der Waals surface area contributed by atoms with E-state index in [9.17, 15) is 13.2 Å². The van der Waals surface area contributed by atoms with Crippen molar-refractivity contribution >= 4 is 33.4 Å². The van der Waals surface area contributed by atoms with Crippen LogP contribution in [0.5, 0.6) is 0 Å². The molecule has 9 nitrogen and oxygen atoms in total. The minimum Gasteiger partial charge on any atom is -0.411 e. The number of thioether (sulfide) groups is 1. The third-order valence-electron chi connectivity index (χ3n) is 4.74. The maximum absolute atomic E-state index is 12.8. The van der Waals surface area contributed by atoms with Gasteiger partial charge in [0.05, 0.1) is 21.8 Å². The van der Waals surface area contributed by atoms with E-state index in [4.69, 9.17) is 9.68 Å². The van der Waals surface area contributed by atoms with Crippen LogP contribution in [0.4, 0.5) is 5.69 Å². The maximum atomic E-state index is 12.8. The molecule has 0 bridgehead atoms. The molecule has 1 aromatic heterocycles. The molecule has 0 spiro atoms. The van der Waals surface area contributed by atoms with Crippen molar-refractivity contribution in [1.29, 1.82) is 5.26 Å². The first kappa shape index (κ1) is 24.4. The molecule has 0 aliphatic rings. The number of anilines is 1. The van der Waals surface area contributed by atoms with Gasteiger partial charge in [0.25, 0.3) is 5.22 Å². The van der Waals surface area contributed by atoms with Crippen LogP contribution in [0.25, 0.3) is 11.5 Å². The van der Waals surface area contributed by atoms with Crippen LogP contribution in [0.1, 0.15) is 26.3 Å². The van der Waals surface area contributed by atoms with Crippen LogP contribution in [0.3, 0.4) is 0 Å². The highest BCUT2D eigenvalue weighted by Crippen LogP contribution is 2.28.